The monoisotopic (exact) mass is 172 g/mol. The van der Waals surface area contributed by atoms with E-state index in [0.29, 0.717) is 0 Å². The van der Waals surface area contributed by atoms with Crippen LogP contribution in [0.3, 0.4) is 0 Å². The van der Waals surface area contributed by atoms with E-state index in [9.17, 15) is 0 Å². The summed E-state index contributed by atoms with van der Waals surface area (Å²) in [4.78, 5) is 0. The Morgan fingerprint density at radius 3 is 2.38 bits per heavy atom. The van der Waals surface area contributed by atoms with Crippen molar-refractivity contribution < 1.29 is 4.42 Å². The molecule has 0 bridgehead atoms. The van der Waals surface area contributed by atoms with Gasteiger partial charge in [-0.2, -0.15) is 0 Å². The molecule has 0 spiro atoms. The molecule has 0 saturated heterocycles. The average Bonchev–Trinajstić information content (AvgIpc) is 2.69. The Labute approximate surface area is 78.0 Å². The van der Waals surface area contributed by atoms with Gasteiger partial charge in [-0.25, -0.2) is 0 Å². The van der Waals surface area contributed by atoms with Crippen LogP contribution in [0.2, 0.25) is 0 Å². The van der Waals surface area contributed by atoms with Gasteiger partial charge < -0.3 is 4.42 Å². The van der Waals surface area contributed by atoms with Crippen LogP contribution >= 0.6 is 0 Å². The molecule has 1 heterocycles. The second-order valence-electron chi connectivity index (χ2n) is 3.06. The molecular weight excluding hydrogens is 160 g/mol. The SMILES string of the molecule is c1ccc(CCc2ccco2)cc1. The van der Waals surface area contributed by atoms with Gasteiger partial charge in [0.2, 0.25) is 0 Å². The zero-order chi connectivity index (χ0) is 8.93. The molecule has 0 amide bonds. The molecule has 13 heavy (non-hydrogen) atoms. The number of hydrogen-bond acceptors (Lipinski definition) is 1. The smallest absolute Gasteiger partial charge is 0.104 e. The maximum atomic E-state index is 5.26. The highest BCUT2D eigenvalue weighted by Gasteiger charge is 1.96. The van der Waals surface area contributed by atoms with Crippen molar-refractivity contribution in [2.75, 3.05) is 0 Å². The van der Waals surface area contributed by atoms with Crippen molar-refractivity contribution in [3.05, 3.63) is 60.1 Å². The fraction of sp³-hybridized carbons (Fsp3) is 0.167. The lowest BCUT2D eigenvalue weighted by atomic mass is 10.1. The van der Waals surface area contributed by atoms with Crippen LogP contribution < -0.4 is 0 Å². The molecule has 1 aromatic heterocycles. The first-order valence-corrected chi connectivity index (χ1v) is 4.51. The van der Waals surface area contributed by atoms with E-state index in [1.807, 2.05) is 18.2 Å². The molecule has 0 unspecified atom stereocenters. The minimum absolute atomic E-state index is 0.983. The molecule has 1 nitrogen and oxygen atoms in total. The molecule has 0 fully saturated rings. The Morgan fingerprint density at radius 1 is 0.846 bits per heavy atom. The highest BCUT2D eigenvalue weighted by molar-refractivity contribution is 5.16. The standard InChI is InChI=1S/C12H12O/c1-2-5-11(6-3-1)8-9-12-7-4-10-13-12/h1-7,10H,8-9H2. The average molecular weight is 172 g/mol. The minimum atomic E-state index is 0.983. The summed E-state index contributed by atoms with van der Waals surface area (Å²) < 4.78 is 5.26. The Balaban J connectivity index is 1.94. The fourth-order valence-electron chi connectivity index (χ4n) is 1.37. The van der Waals surface area contributed by atoms with E-state index in [4.69, 9.17) is 4.42 Å². The topological polar surface area (TPSA) is 13.1 Å². The van der Waals surface area contributed by atoms with E-state index < -0.39 is 0 Å². The van der Waals surface area contributed by atoms with Crippen molar-refractivity contribution in [1.29, 1.82) is 0 Å². The van der Waals surface area contributed by atoms with E-state index in [0.717, 1.165) is 18.6 Å². The lowest BCUT2D eigenvalue weighted by Gasteiger charge is -1.97. The molecule has 66 valence electrons. The molecule has 2 aromatic rings. The van der Waals surface area contributed by atoms with Gasteiger partial charge in [-0.15, -0.1) is 0 Å². The normalized spacial score (nSPS) is 10.2. The number of rotatable bonds is 3. The predicted octanol–water partition coefficient (Wildman–Crippen LogP) is 3.06. The van der Waals surface area contributed by atoms with Crippen molar-refractivity contribution in [3.8, 4) is 0 Å². The van der Waals surface area contributed by atoms with Crippen LogP contribution in [0.4, 0.5) is 0 Å². The Morgan fingerprint density at radius 2 is 1.69 bits per heavy atom. The molecule has 0 radical (unpaired) electrons. The van der Waals surface area contributed by atoms with E-state index in [2.05, 4.69) is 24.3 Å². The van der Waals surface area contributed by atoms with Crippen molar-refractivity contribution >= 4 is 0 Å². The van der Waals surface area contributed by atoms with Crippen LogP contribution in [-0.2, 0) is 12.8 Å². The van der Waals surface area contributed by atoms with Crippen LogP contribution in [0.15, 0.2) is 53.1 Å². The maximum absolute atomic E-state index is 5.26. The first-order valence-electron chi connectivity index (χ1n) is 4.51. The zero-order valence-corrected chi connectivity index (χ0v) is 7.44. The van der Waals surface area contributed by atoms with Gasteiger partial charge in [0, 0.05) is 6.42 Å². The number of hydrogen-bond donors (Lipinski definition) is 0. The third-order valence-corrected chi connectivity index (χ3v) is 2.08. The summed E-state index contributed by atoms with van der Waals surface area (Å²) in [7, 11) is 0. The molecule has 0 aliphatic carbocycles. The summed E-state index contributed by atoms with van der Waals surface area (Å²) in [6.45, 7) is 0. The van der Waals surface area contributed by atoms with Crippen LogP contribution in [0.25, 0.3) is 0 Å². The van der Waals surface area contributed by atoms with Crippen molar-refractivity contribution in [1.82, 2.24) is 0 Å². The summed E-state index contributed by atoms with van der Waals surface area (Å²) in [6.07, 6.45) is 3.76. The van der Waals surface area contributed by atoms with Gasteiger partial charge in [-0.05, 0) is 24.1 Å². The zero-order valence-electron chi connectivity index (χ0n) is 7.44. The molecule has 0 N–H and O–H groups in total. The Bertz CT molecular complexity index is 335. The highest BCUT2D eigenvalue weighted by Crippen LogP contribution is 2.06. The van der Waals surface area contributed by atoms with E-state index in [1.165, 1.54) is 5.56 Å². The Kier molecular flexibility index (Phi) is 2.46. The molecule has 1 heteroatoms. The fourth-order valence-corrected chi connectivity index (χ4v) is 1.37. The predicted molar refractivity (Wildman–Crippen MR) is 52.6 cm³/mol. The van der Waals surface area contributed by atoms with Crippen LogP contribution in [-0.4, -0.2) is 0 Å². The summed E-state index contributed by atoms with van der Waals surface area (Å²) in [5.74, 6) is 1.06. The van der Waals surface area contributed by atoms with E-state index >= 15 is 0 Å². The molecule has 1 aromatic carbocycles. The molecule has 0 atom stereocenters. The van der Waals surface area contributed by atoms with Gasteiger partial charge >= 0.3 is 0 Å². The summed E-state index contributed by atoms with van der Waals surface area (Å²) in [6, 6.07) is 14.4. The number of aryl methyl sites for hydroxylation is 2. The third-order valence-electron chi connectivity index (χ3n) is 2.08. The quantitative estimate of drug-likeness (QED) is 0.693. The van der Waals surface area contributed by atoms with Crippen LogP contribution in [0.5, 0.6) is 0 Å². The van der Waals surface area contributed by atoms with Gasteiger partial charge in [-0.3, -0.25) is 0 Å². The van der Waals surface area contributed by atoms with Gasteiger partial charge in [0.25, 0.3) is 0 Å². The first-order chi connectivity index (χ1) is 6.45. The van der Waals surface area contributed by atoms with E-state index in [-0.39, 0.29) is 0 Å². The maximum Gasteiger partial charge on any atom is 0.104 e. The van der Waals surface area contributed by atoms with Crippen LogP contribution in [0.1, 0.15) is 11.3 Å². The van der Waals surface area contributed by atoms with Crippen LogP contribution in [0, 0.1) is 0 Å². The summed E-state index contributed by atoms with van der Waals surface area (Å²) in [5.41, 5.74) is 1.36. The number of furan rings is 1. The van der Waals surface area contributed by atoms with E-state index in [1.54, 1.807) is 6.26 Å². The highest BCUT2D eigenvalue weighted by atomic mass is 16.3. The molecule has 0 aliphatic heterocycles. The van der Waals surface area contributed by atoms with Crippen molar-refractivity contribution in [2.24, 2.45) is 0 Å². The van der Waals surface area contributed by atoms with Crippen molar-refractivity contribution in [2.45, 2.75) is 12.8 Å². The second-order valence-corrected chi connectivity index (χ2v) is 3.06. The molecule has 2 rings (SSSR count). The van der Waals surface area contributed by atoms with Gasteiger partial charge in [0.1, 0.15) is 5.76 Å². The molecular formula is C12H12O. The first kappa shape index (κ1) is 8.11. The number of benzene rings is 1. The molecule has 0 saturated carbocycles. The lowest BCUT2D eigenvalue weighted by Crippen LogP contribution is -1.88. The molecule has 0 aliphatic rings. The minimum Gasteiger partial charge on any atom is -0.469 e. The third kappa shape index (κ3) is 2.22. The van der Waals surface area contributed by atoms with Gasteiger partial charge in [0.05, 0.1) is 6.26 Å². The Hall–Kier alpha value is -1.50. The lowest BCUT2D eigenvalue weighted by molar-refractivity contribution is 0.508. The summed E-state index contributed by atoms with van der Waals surface area (Å²) >= 11 is 0. The largest absolute Gasteiger partial charge is 0.469 e. The second kappa shape index (κ2) is 3.94. The van der Waals surface area contributed by atoms with Gasteiger partial charge in [-0.1, -0.05) is 30.3 Å². The summed E-state index contributed by atoms with van der Waals surface area (Å²) in [5, 5.41) is 0. The van der Waals surface area contributed by atoms with Crippen molar-refractivity contribution in [3.63, 3.8) is 0 Å². The van der Waals surface area contributed by atoms with Gasteiger partial charge in [0.15, 0.2) is 0 Å².